The van der Waals surface area contributed by atoms with Gasteiger partial charge < -0.3 is 10.2 Å². The van der Waals surface area contributed by atoms with Crippen LogP contribution >= 0.6 is 22.6 Å². The molecule has 1 fully saturated rings. The van der Waals surface area contributed by atoms with Crippen LogP contribution in [0, 0.1) is 3.57 Å². The second kappa shape index (κ2) is 5.65. The van der Waals surface area contributed by atoms with Crippen LogP contribution < -0.4 is 10.2 Å². The van der Waals surface area contributed by atoms with Crippen LogP contribution in [0.3, 0.4) is 0 Å². The second-order valence-electron chi connectivity index (χ2n) is 4.02. The lowest BCUT2D eigenvalue weighted by atomic mass is 10.2. The van der Waals surface area contributed by atoms with E-state index in [-0.39, 0.29) is 0 Å². The number of hydrogen-bond acceptors (Lipinski definition) is 4. The Kier molecular flexibility index (Phi) is 4.20. The fraction of sp³-hybridized carbons (Fsp3) is 0.636. The average molecular weight is 332 g/mol. The van der Waals surface area contributed by atoms with Crippen LogP contribution in [-0.2, 0) is 0 Å². The van der Waals surface area contributed by atoms with E-state index in [2.05, 4.69) is 42.8 Å². The smallest absolute Gasteiger partial charge is 0.227 e. The Bertz CT molecular complexity index is 348. The first-order valence-electron chi connectivity index (χ1n) is 5.76. The Morgan fingerprint density at radius 2 is 1.94 bits per heavy atom. The van der Waals surface area contributed by atoms with Crippen molar-refractivity contribution >= 4 is 34.4 Å². The van der Waals surface area contributed by atoms with Crippen LogP contribution in [0.25, 0.3) is 0 Å². The van der Waals surface area contributed by atoms with Crippen molar-refractivity contribution < 1.29 is 0 Å². The van der Waals surface area contributed by atoms with Gasteiger partial charge in [-0.05, 0) is 35.4 Å². The maximum absolute atomic E-state index is 4.55. The maximum Gasteiger partial charge on any atom is 0.227 e. The molecule has 0 aromatic carbocycles. The van der Waals surface area contributed by atoms with Gasteiger partial charge in [-0.1, -0.05) is 12.8 Å². The molecule has 2 heterocycles. The number of halogens is 1. The highest BCUT2D eigenvalue weighted by Gasteiger charge is 2.13. The van der Waals surface area contributed by atoms with E-state index in [9.17, 15) is 0 Å². The summed E-state index contributed by atoms with van der Waals surface area (Å²) in [6, 6.07) is 0. The standard InChI is InChI=1S/C11H17IN4/c1-13-10-9(12)8-14-11(15-10)16-6-4-2-3-5-7-16/h8H,2-7H2,1H3,(H,13,14,15). The van der Waals surface area contributed by atoms with E-state index in [0.29, 0.717) is 0 Å². The Morgan fingerprint density at radius 3 is 2.56 bits per heavy atom. The molecule has 1 aromatic heterocycles. The molecular weight excluding hydrogens is 315 g/mol. The van der Waals surface area contributed by atoms with Gasteiger partial charge in [-0.25, -0.2) is 4.98 Å². The maximum atomic E-state index is 4.55. The zero-order valence-corrected chi connectivity index (χ0v) is 11.7. The predicted octanol–water partition coefficient (Wildman–Crippen LogP) is 2.50. The summed E-state index contributed by atoms with van der Waals surface area (Å²) in [6.45, 7) is 2.17. The molecule has 88 valence electrons. The Morgan fingerprint density at radius 1 is 1.25 bits per heavy atom. The number of nitrogens with zero attached hydrogens (tertiary/aromatic N) is 3. The normalized spacial score (nSPS) is 17.0. The molecule has 0 bridgehead atoms. The third kappa shape index (κ3) is 2.75. The van der Waals surface area contributed by atoms with Crippen LogP contribution in [0.4, 0.5) is 11.8 Å². The summed E-state index contributed by atoms with van der Waals surface area (Å²) >= 11 is 2.25. The Labute approximate surface area is 110 Å². The van der Waals surface area contributed by atoms with E-state index in [1.807, 2.05) is 13.2 Å². The molecule has 1 saturated heterocycles. The molecule has 0 saturated carbocycles. The predicted molar refractivity (Wildman–Crippen MR) is 75.0 cm³/mol. The third-order valence-electron chi connectivity index (χ3n) is 2.86. The lowest BCUT2D eigenvalue weighted by Gasteiger charge is -2.20. The monoisotopic (exact) mass is 332 g/mol. The molecule has 1 aliphatic rings. The van der Waals surface area contributed by atoms with Gasteiger partial charge in [0.15, 0.2) is 0 Å². The minimum Gasteiger partial charge on any atom is -0.372 e. The molecule has 0 aliphatic carbocycles. The van der Waals surface area contributed by atoms with Gasteiger partial charge in [-0.3, -0.25) is 0 Å². The van der Waals surface area contributed by atoms with Crippen molar-refractivity contribution in [2.45, 2.75) is 25.7 Å². The summed E-state index contributed by atoms with van der Waals surface area (Å²) in [5.41, 5.74) is 0. The van der Waals surface area contributed by atoms with Crippen molar-refractivity contribution in [3.05, 3.63) is 9.77 Å². The van der Waals surface area contributed by atoms with Gasteiger partial charge in [-0.15, -0.1) is 0 Å². The summed E-state index contributed by atoms with van der Waals surface area (Å²) in [6.07, 6.45) is 7.06. The number of anilines is 2. The number of nitrogens with one attached hydrogen (secondary N) is 1. The molecule has 0 unspecified atom stereocenters. The first-order chi connectivity index (χ1) is 7.81. The lowest BCUT2D eigenvalue weighted by Crippen LogP contribution is -2.26. The van der Waals surface area contributed by atoms with E-state index < -0.39 is 0 Å². The van der Waals surface area contributed by atoms with Crippen molar-refractivity contribution in [2.75, 3.05) is 30.4 Å². The third-order valence-corrected chi connectivity index (χ3v) is 3.65. The van der Waals surface area contributed by atoms with Gasteiger partial charge in [0.2, 0.25) is 5.95 Å². The molecule has 2 rings (SSSR count). The Balaban J connectivity index is 2.18. The Hall–Kier alpha value is -0.590. The van der Waals surface area contributed by atoms with Gasteiger partial charge in [0.1, 0.15) is 5.82 Å². The molecule has 1 N–H and O–H groups in total. The minimum atomic E-state index is 0.867. The van der Waals surface area contributed by atoms with E-state index in [4.69, 9.17) is 0 Å². The highest BCUT2D eigenvalue weighted by Crippen LogP contribution is 2.20. The van der Waals surface area contributed by atoms with E-state index in [1.54, 1.807) is 0 Å². The zero-order valence-electron chi connectivity index (χ0n) is 9.54. The molecule has 1 aliphatic heterocycles. The molecule has 4 nitrogen and oxygen atoms in total. The number of hydrogen-bond donors (Lipinski definition) is 1. The summed E-state index contributed by atoms with van der Waals surface area (Å²) in [5, 5.41) is 3.11. The summed E-state index contributed by atoms with van der Waals surface area (Å²) in [5.74, 6) is 1.79. The zero-order chi connectivity index (χ0) is 11.4. The summed E-state index contributed by atoms with van der Waals surface area (Å²) in [7, 11) is 1.90. The molecular formula is C11H17IN4. The average Bonchev–Trinajstić information content (AvgIpc) is 2.58. The molecule has 0 radical (unpaired) electrons. The molecule has 0 spiro atoms. The summed E-state index contributed by atoms with van der Waals surface area (Å²) < 4.78 is 1.07. The summed E-state index contributed by atoms with van der Waals surface area (Å²) in [4.78, 5) is 11.3. The second-order valence-corrected chi connectivity index (χ2v) is 5.18. The van der Waals surface area contributed by atoms with Gasteiger partial charge in [0.05, 0.1) is 3.57 Å². The molecule has 16 heavy (non-hydrogen) atoms. The molecule has 0 atom stereocenters. The van der Waals surface area contributed by atoms with Crippen molar-refractivity contribution in [1.82, 2.24) is 9.97 Å². The van der Waals surface area contributed by atoms with Gasteiger partial charge in [-0.2, -0.15) is 4.98 Å². The highest BCUT2D eigenvalue weighted by molar-refractivity contribution is 14.1. The minimum absolute atomic E-state index is 0.867. The van der Waals surface area contributed by atoms with Crippen molar-refractivity contribution in [2.24, 2.45) is 0 Å². The molecule has 0 amide bonds. The van der Waals surface area contributed by atoms with Crippen LogP contribution in [0.2, 0.25) is 0 Å². The van der Waals surface area contributed by atoms with E-state index >= 15 is 0 Å². The van der Waals surface area contributed by atoms with Crippen molar-refractivity contribution in [1.29, 1.82) is 0 Å². The first-order valence-corrected chi connectivity index (χ1v) is 6.84. The SMILES string of the molecule is CNc1nc(N2CCCCCC2)ncc1I. The van der Waals surface area contributed by atoms with Gasteiger partial charge in [0.25, 0.3) is 0 Å². The first kappa shape index (κ1) is 11.9. The van der Waals surface area contributed by atoms with Crippen molar-refractivity contribution in [3.8, 4) is 0 Å². The number of rotatable bonds is 2. The highest BCUT2D eigenvalue weighted by atomic mass is 127. The van der Waals surface area contributed by atoms with Crippen LogP contribution in [-0.4, -0.2) is 30.1 Å². The topological polar surface area (TPSA) is 41.1 Å². The number of aromatic nitrogens is 2. The quantitative estimate of drug-likeness (QED) is 0.845. The lowest BCUT2D eigenvalue weighted by molar-refractivity contribution is 0.726. The van der Waals surface area contributed by atoms with Crippen LogP contribution in [0.5, 0.6) is 0 Å². The van der Waals surface area contributed by atoms with E-state index in [1.165, 1.54) is 25.7 Å². The fourth-order valence-electron chi connectivity index (χ4n) is 1.96. The van der Waals surface area contributed by atoms with Gasteiger partial charge >= 0.3 is 0 Å². The largest absolute Gasteiger partial charge is 0.372 e. The fourth-order valence-corrected chi connectivity index (χ4v) is 2.49. The molecule has 1 aromatic rings. The van der Waals surface area contributed by atoms with Crippen LogP contribution in [0.1, 0.15) is 25.7 Å². The van der Waals surface area contributed by atoms with Crippen molar-refractivity contribution in [3.63, 3.8) is 0 Å². The van der Waals surface area contributed by atoms with Crippen LogP contribution in [0.15, 0.2) is 6.20 Å². The molecule has 5 heteroatoms. The van der Waals surface area contributed by atoms with Gasteiger partial charge in [0, 0.05) is 26.3 Å². The van der Waals surface area contributed by atoms with E-state index in [0.717, 1.165) is 28.4 Å².